The Morgan fingerprint density at radius 3 is 2.07 bits per heavy atom. The first-order chi connectivity index (χ1) is 13.3. The average Bonchev–Trinajstić information content (AvgIpc) is 3.23. The van der Waals surface area contributed by atoms with Gasteiger partial charge in [-0.3, -0.25) is 14.5 Å². The maximum atomic E-state index is 12.6. The highest BCUT2D eigenvalue weighted by molar-refractivity contribution is 7.89. The molecule has 9 heteroatoms. The van der Waals surface area contributed by atoms with Gasteiger partial charge in [0.15, 0.2) is 0 Å². The molecule has 2 amide bonds. The number of sulfonamides is 1. The van der Waals surface area contributed by atoms with Crippen LogP contribution in [0.15, 0.2) is 29.2 Å². The first-order valence-corrected chi connectivity index (χ1v) is 11.1. The van der Waals surface area contributed by atoms with Gasteiger partial charge in [-0.25, -0.2) is 8.42 Å². The fourth-order valence-corrected chi connectivity index (χ4v) is 5.14. The van der Waals surface area contributed by atoms with Crippen LogP contribution in [0.1, 0.15) is 26.7 Å². The Morgan fingerprint density at radius 1 is 0.964 bits per heavy atom. The number of rotatable bonds is 5. The number of anilines is 1. The molecule has 8 nitrogen and oxygen atoms in total. The predicted molar refractivity (Wildman–Crippen MR) is 106 cm³/mol. The Balaban J connectivity index is 1.58. The normalized spacial score (nSPS) is 20.1. The molecule has 0 saturated carbocycles. The van der Waals surface area contributed by atoms with Crippen LogP contribution in [0.5, 0.6) is 0 Å². The van der Waals surface area contributed by atoms with Crippen LogP contribution in [0, 0.1) is 0 Å². The van der Waals surface area contributed by atoms with E-state index in [2.05, 4.69) is 5.32 Å². The molecule has 0 spiro atoms. The van der Waals surface area contributed by atoms with Gasteiger partial charge in [0.05, 0.1) is 10.9 Å². The van der Waals surface area contributed by atoms with E-state index in [1.54, 1.807) is 36.1 Å². The molecule has 3 rings (SSSR count). The minimum absolute atomic E-state index is 0.0562. The second kappa shape index (κ2) is 8.59. The van der Waals surface area contributed by atoms with Crippen molar-refractivity contribution in [3.05, 3.63) is 24.3 Å². The Morgan fingerprint density at radius 2 is 1.54 bits per heavy atom. The van der Waals surface area contributed by atoms with Crippen molar-refractivity contribution in [2.24, 2.45) is 0 Å². The lowest BCUT2D eigenvalue weighted by Crippen LogP contribution is -2.53. The lowest BCUT2D eigenvalue weighted by Gasteiger charge is -2.37. The van der Waals surface area contributed by atoms with E-state index in [4.69, 9.17) is 0 Å². The number of amides is 2. The van der Waals surface area contributed by atoms with Crippen molar-refractivity contribution in [2.75, 3.05) is 44.6 Å². The summed E-state index contributed by atoms with van der Waals surface area (Å²) in [5.74, 6) is -0.0906. The van der Waals surface area contributed by atoms with E-state index in [-0.39, 0.29) is 22.8 Å². The van der Waals surface area contributed by atoms with Crippen LogP contribution in [0.25, 0.3) is 0 Å². The topological polar surface area (TPSA) is 90.0 Å². The highest BCUT2D eigenvalue weighted by Gasteiger charge is 2.28. The van der Waals surface area contributed by atoms with Crippen molar-refractivity contribution in [1.82, 2.24) is 14.1 Å². The van der Waals surface area contributed by atoms with Gasteiger partial charge in [-0.1, -0.05) is 0 Å². The van der Waals surface area contributed by atoms with Crippen LogP contribution in [0.2, 0.25) is 0 Å². The van der Waals surface area contributed by atoms with Crippen molar-refractivity contribution in [1.29, 1.82) is 0 Å². The summed E-state index contributed by atoms with van der Waals surface area (Å²) in [6, 6.07) is 6.00. The Hall–Kier alpha value is -1.97. The van der Waals surface area contributed by atoms with Gasteiger partial charge < -0.3 is 10.2 Å². The third kappa shape index (κ3) is 4.53. The monoisotopic (exact) mass is 408 g/mol. The van der Waals surface area contributed by atoms with E-state index >= 15 is 0 Å². The molecule has 2 aliphatic rings. The van der Waals surface area contributed by atoms with Gasteiger partial charge >= 0.3 is 0 Å². The molecule has 0 bridgehead atoms. The maximum Gasteiger partial charge on any atom is 0.243 e. The third-order valence-corrected chi connectivity index (χ3v) is 7.42. The zero-order valence-corrected chi connectivity index (χ0v) is 17.2. The molecule has 1 N–H and O–H groups in total. The number of carbonyl (C=O) groups excluding carboxylic acids is 2. The van der Waals surface area contributed by atoms with E-state index in [1.165, 1.54) is 4.31 Å². The Bertz CT molecular complexity index is 811. The summed E-state index contributed by atoms with van der Waals surface area (Å²) in [4.78, 5) is 28.0. The van der Waals surface area contributed by atoms with Crippen molar-refractivity contribution in [2.45, 2.75) is 37.6 Å². The number of carbonyl (C=O) groups is 2. The zero-order valence-electron chi connectivity index (χ0n) is 16.4. The highest BCUT2D eigenvalue weighted by atomic mass is 32.2. The van der Waals surface area contributed by atoms with Crippen LogP contribution in [-0.2, 0) is 19.6 Å². The molecule has 2 fully saturated rings. The number of hydrogen-bond acceptors (Lipinski definition) is 5. The molecule has 154 valence electrons. The standard InChI is InChI=1S/C19H28N4O4S/c1-15(21-11-13-22(14-12-21)16(2)24)19(25)20-17-5-7-18(8-6-17)28(26,27)23-9-3-4-10-23/h5-8,15H,3-4,9-14H2,1-2H3,(H,20,25). The molecule has 1 unspecified atom stereocenters. The number of nitrogens with one attached hydrogen (secondary N) is 1. The molecular weight excluding hydrogens is 380 g/mol. The molecule has 1 aromatic carbocycles. The molecule has 0 radical (unpaired) electrons. The zero-order chi connectivity index (χ0) is 20.3. The molecular formula is C19H28N4O4S. The largest absolute Gasteiger partial charge is 0.340 e. The summed E-state index contributed by atoms with van der Waals surface area (Å²) in [6.45, 7) is 7.07. The minimum atomic E-state index is -3.45. The quantitative estimate of drug-likeness (QED) is 0.784. The van der Waals surface area contributed by atoms with Crippen molar-refractivity contribution in [3.8, 4) is 0 Å². The van der Waals surface area contributed by atoms with Gasteiger partial charge in [0.1, 0.15) is 0 Å². The summed E-state index contributed by atoms with van der Waals surface area (Å²) in [7, 11) is -3.45. The fourth-order valence-electron chi connectivity index (χ4n) is 3.62. The molecule has 2 aliphatic heterocycles. The van der Waals surface area contributed by atoms with Gasteiger partial charge in [0.25, 0.3) is 0 Å². The Labute approximate surface area is 166 Å². The fraction of sp³-hybridized carbons (Fsp3) is 0.579. The highest BCUT2D eigenvalue weighted by Crippen LogP contribution is 2.22. The second-order valence-corrected chi connectivity index (χ2v) is 9.28. The molecule has 2 heterocycles. The lowest BCUT2D eigenvalue weighted by molar-refractivity contribution is -0.131. The second-order valence-electron chi connectivity index (χ2n) is 7.34. The van der Waals surface area contributed by atoms with Crippen LogP contribution >= 0.6 is 0 Å². The van der Waals surface area contributed by atoms with Crippen molar-refractivity contribution < 1.29 is 18.0 Å². The van der Waals surface area contributed by atoms with E-state index in [0.717, 1.165) is 12.8 Å². The van der Waals surface area contributed by atoms with Crippen molar-refractivity contribution in [3.63, 3.8) is 0 Å². The maximum absolute atomic E-state index is 12.6. The Kier molecular flexibility index (Phi) is 6.36. The average molecular weight is 409 g/mol. The summed E-state index contributed by atoms with van der Waals surface area (Å²) in [5, 5.41) is 2.85. The number of benzene rings is 1. The molecule has 0 aliphatic carbocycles. The van der Waals surface area contributed by atoms with Gasteiger partial charge in [-0.15, -0.1) is 0 Å². The van der Waals surface area contributed by atoms with Crippen LogP contribution < -0.4 is 5.32 Å². The molecule has 0 aromatic heterocycles. The third-order valence-electron chi connectivity index (χ3n) is 5.51. The predicted octanol–water partition coefficient (Wildman–Crippen LogP) is 0.962. The number of nitrogens with zero attached hydrogens (tertiary/aromatic N) is 3. The van der Waals surface area contributed by atoms with E-state index in [1.807, 2.05) is 11.8 Å². The summed E-state index contributed by atoms with van der Waals surface area (Å²) in [6.07, 6.45) is 1.79. The molecule has 28 heavy (non-hydrogen) atoms. The van der Waals surface area contributed by atoms with Crippen LogP contribution in [0.4, 0.5) is 5.69 Å². The molecule has 2 saturated heterocycles. The van der Waals surface area contributed by atoms with Crippen LogP contribution in [-0.4, -0.2) is 79.6 Å². The van der Waals surface area contributed by atoms with Gasteiger partial charge in [-0.2, -0.15) is 4.31 Å². The van der Waals surface area contributed by atoms with Crippen LogP contribution in [0.3, 0.4) is 0 Å². The number of piperazine rings is 1. The summed E-state index contributed by atoms with van der Waals surface area (Å²) < 4.78 is 26.6. The minimum Gasteiger partial charge on any atom is -0.340 e. The first kappa shape index (κ1) is 20.8. The van der Waals surface area contributed by atoms with Gasteiger partial charge in [-0.05, 0) is 44.0 Å². The van der Waals surface area contributed by atoms with Crippen molar-refractivity contribution >= 4 is 27.5 Å². The van der Waals surface area contributed by atoms with Gasteiger partial charge in [0.2, 0.25) is 21.8 Å². The smallest absolute Gasteiger partial charge is 0.243 e. The first-order valence-electron chi connectivity index (χ1n) is 9.69. The van der Waals surface area contributed by atoms with E-state index < -0.39 is 10.0 Å². The molecule has 1 aromatic rings. The summed E-state index contributed by atoms with van der Waals surface area (Å²) >= 11 is 0. The van der Waals surface area contributed by atoms with E-state index in [0.29, 0.717) is 45.0 Å². The SMILES string of the molecule is CC(=O)N1CCN(C(C)C(=O)Nc2ccc(S(=O)(=O)N3CCCC3)cc2)CC1. The number of hydrogen-bond donors (Lipinski definition) is 1. The lowest BCUT2D eigenvalue weighted by atomic mass is 10.2. The summed E-state index contributed by atoms with van der Waals surface area (Å²) in [5.41, 5.74) is 0.569. The van der Waals surface area contributed by atoms with Gasteiger partial charge in [0, 0.05) is 51.9 Å². The molecule has 1 atom stereocenters. The van der Waals surface area contributed by atoms with E-state index in [9.17, 15) is 18.0 Å².